The lowest BCUT2D eigenvalue weighted by Gasteiger charge is -2.34. The highest BCUT2D eigenvalue weighted by molar-refractivity contribution is 5.78. The lowest BCUT2D eigenvalue weighted by Crippen LogP contribution is -2.42. The van der Waals surface area contributed by atoms with E-state index in [1.54, 1.807) is 20.8 Å². The van der Waals surface area contributed by atoms with Crippen molar-refractivity contribution in [1.82, 2.24) is 4.90 Å². The van der Waals surface area contributed by atoms with Crippen molar-refractivity contribution in [3.8, 4) is 0 Å². The average Bonchev–Trinajstić information content (AvgIpc) is 2.11. The first-order valence-electron chi connectivity index (χ1n) is 5.63. The van der Waals surface area contributed by atoms with Gasteiger partial charge in [0.1, 0.15) is 12.1 Å². The number of carbonyl (C=O) groups excluding carboxylic acids is 1. The first-order valence-corrected chi connectivity index (χ1v) is 5.63. The zero-order valence-electron chi connectivity index (χ0n) is 10.7. The van der Waals surface area contributed by atoms with Crippen LogP contribution in [-0.4, -0.2) is 34.2 Å². The minimum Gasteiger partial charge on any atom is -0.480 e. The molecule has 0 radical (unpaired) electrons. The summed E-state index contributed by atoms with van der Waals surface area (Å²) < 4.78 is 5.19. The van der Waals surface area contributed by atoms with Gasteiger partial charge in [0.05, 0.1) is 0 Å². The van der Waals surface area contributed by atoms with Crippen LogP contribution in [0.15, 0.2) is 11.8 Å². The quantitative estimate of drug-likeness (QED) is 0.822. The molecule has 1 N–H and O–H groups in total. The fourth-order valence-corrected chi connectivity index (χ4v) is 1.55. The number of rotatable bonds is 3. The third-order valence-corrected chi connectivity index (χ3v) is 2.40. The molecule has 1 atom stereocenters. The van der Waals surface area contributed by atoms with Gasteiger partial charge in [-0.05, 0) is 33.1 Å². The van der Waals surface area contributed by atoms with Crippen molar-refractivity contribution in [3.05, 3.63) is 11.8 Å². The fraction of sp³-hybridized carbons (Fsp3) is 0.667. The Kier molecular flexibility index (Phi) is 3.80. The molecule has 0 heterocycles. The van der Waals surface area contributed by atoms with E-state index in [0.29, 0.717) is 0 Å². The van der Waals surface area contributed by atoms with E-state index in [2.05, 4.69) is 0 Å². The minimum atomic E-state index is -1.05. The normalized spacial score (nSPS) is 19.1. The Morgan fingerprint density at radius 1 is 1.53 bits per heavy atom. The summed E-state index contributed by atoms with van der Waals surface area (Å²) in [5, 5.41) is 8.81. The second-order valence-electron chi connectivity index (χ2n) is 5.23. The van der Waals surface area contributed by atoms with Gasteiger partial charge in [0.2, 0.25) is 0 Å². The van der Waals surface area contributed by atoms with E-state index >= 15 is 0 Å². The number of aliphatic carboxylic acids is 1. The topological polar surface area (TPSA) is 66.8 Å². The number of hydrogen-bond donors (Lipinski definition) is 1. The Labute approximate surface area is 101 Å². The van der Waals surface area contributed by atoms with Crippen LogP contribution in [0.2, 0.25) is 0 Å². The van der Waals surface area contributed by atoms with E-state index < -0.39 is 17.7 Å². The van der Waals surface area contributed by atoms with E-state index in [1.807, 2.05) is 13.0 Å². The van der Waals surface area contributed by atoms with Crippen LogP contribution in [-0.2, 0) is 9.53 Å². The van der Waals surface area contributed by atoms with Crippen LogP contribution in [0.25, 0.3) is 0 Å². The maximum absolute atomic E-state index is 11.9. The van der Waals surface area contributed by atoms with Gasteiger partial charge in [-0.2, -0.15) is 0 Å². The number of nitrogens with zero attached hydrogens (tertiary/aromatic N) is 1. The fourth-order valence-electron chi connectivity index (χ4n) is 1.55. The van der Waals surface area contributed by atoms with Crippen LogP contribution in [0.1, 0.15) is 34.1 Å². The zero-order valence-corrected chi connectivity index (χ0v) is 10.7. The molecule has 1 unspecified atom stereocenters. The third-order valence-electron chi connectivity index (χ3n) is 2.40. The molecule has 0 bridgehead atoms. The Hall–Kier alpha value is -1.52. The third kappa shape index (κ3) is 3.76. The highest BCUT2D eigenvalue weighted by Crippen LogP contribution is 2.30. The Bertz CT molecular complexity index is 354. The smallest absolute Gasteiger partial charge is 0.415 e. The van der Waals surface area contributed by atoms with Crippen LogP contribution in [0.5, 0.6) is 0 Å². The summed E-state index contributed by atoms with van der Waals surface area (Å²) in [4.78, 5) is 23.8. The molecule has 0 fully saturated rings. The number of hydrogen-bond acceptors (Lipinski definition) is 3. The number of amides is 1. The molecule has 0 aromatic heterocycles. The van der Waals surface area contributed by atoms with Crippen molar-refractivity contribution in [3.63, 3.8) is 0 Å². The van der Waals surface area contributed by atoms with Crippen molar-refractivity contribution in [2.45, 2.75) is 39.7 Å². The average molecular weight is 241 g/mol. The molecule has 17 heavy (non-hydrogen) atoms. The maximum atomic E-state index is 11.9. The summed E-state index contributed by atoms with van der Waals surface area (Å²) in [5.41, 5.74) is 0.114. The van der Waals surface area contributed by atoms with E-state index in [4.69, 9.17) is 9.84 Å². The molecule has 1 aliphatic rings. The lowest BCUT2D eigenvalue weighted by atomic mass is 9.91. The first kappa shape index (κ1) is 13.5. The van der Waals surface area contributed by atoms with Crippen molar-refractivity contribution in [2.24, 2.45) is 5.92 Å². The second kappa shape index (κ2) is 4.77. The van der Waals surface area contributed by atoms with Crippen LogP contribution in [0.3, 0.4) is 0 Å². The summed E-state index contributed by atoms with van der Waals surface area (Å²) in [6.45, 7) is 6.85. The van der Waals surface area contributed by atoms with Gasteiger partial charge in [-0.15, -0.1) is 0 Å². The molecule has 0 saturated carbocycles. The molecule has 96 valence electrons. The molecule has 0 aliphatic heterocycles. The SMILES string of the molecule is CC1CC=C1N(CC(=O)O)C(=O)OC(C)(C)C. The van der Waals surface area contributed by atoms with Crippen LogP contribution in [0.4, 0.5) is 4.79 Å². The van der Waals surface area contributed by atoms with Gasteiger partial charge < -0.3 is 9.84 Å². The summed E-state index contributed by atoms with van der Waals surface area (Å²) in [6, 6.07) is 0. The van der Waals surface area contributed by atoms with E-state index in [-0.39, 0.29) is 12.5 Å². The van der Waals surface area contributed by atoms with Gasteiger partial charge in [-0.3, -0.25) is 9.69 Å². The molecule has 0 spiro atoms. The number of allylic oxidation sites excluding steroid dienone is 2. The second-order valence-corrected chi connectivity index (χ2v) is 5.23. The molecule has 0 aromatic rings. The summed E-state index contributed by atoms with van der Waals surface area (Å²) in [6.07, 6.45) is 2.13. The highest BCUT2D eigenvalue weighted by atomic mass is 16.6. The monoisotopic (exact) mass is 241 g/mol. The molecule has 1 aliphatic carbocycles. The lowest BCUT2D eigenvalue weighted by molar-refractivity contribution is -0.138. The van der Waals surface area contributed by atoms with Gasteiger partial charge in [0, 0.05) is 5.70 Å². The van der Waals surface area contributed by atoms with Gasteiger partial charge in [-0.1, -0.05) is 13.0 Å². The van der Waals surface area contributed by atoms with E-state index in [1.165, 1.54) is 4.90 Å². The summed E-state index contributed by atoms with van der Waals surface area (Å²) >= 11 is 0. The minimum absolute atomic E-state index is 0.210. The van der Waals surface area contributed by atoms with Crippen molar-refractivity contribution in [2.75, 3.05) is 6.54 Å². The van der Waals surface area contributed by atoms with Crippen LogP contribution in [0, 0.1) is 5.92 Å². The van der Waals surface area contributed by atoms with E-state index in [9.17, 15) is 9.59 Å². The predicted molar refractivity (Wildman–Crippen MR) is 62.4 cm³/mol. The van der Waals surface area contributed by atoms with Crippen LogP contribution >= 0.6 is 0 Å². The Morgan fingerprint density at radius 3 is 2.41 bits per heavy atom. The summed E-state index contributed by atoms with van der Waals surface area (Å²) in [7, 11) is 0. The standard InChI is InChI=1S/C12H19NO4/c1-8-5-6-9(8)13(7-10(14)15)11(16)17-12(2,3)4/h6,8H,5,7H2,1-4H3,(H,14,15). The highest BCUT2D eigenvalue weighted by Gasteiger charge is 2.31. The van der Waals surface area contributed by atoms with Gasteiger partial charge >= 0.3 is 12.1 Å². The predicted octanol–water partition coefficient (Wildman–Crippen LogP) is 2.23. The molecule has 0 saturated heterocycles. The molecular weight excluding hydrogens is 222 g/mol. The largest absolute Gasteiger partial charge is 0.480 e. The maximum Gasteiger partial charge on any atom is 0.415 e. The Morgan fingerprint density at radius 2 is 2.12 bits per heavy atom. The van der Waals surface area contributed by atoms with Gasteiger partial charge in [-0.25, -0.2) is 4.79 Å². The number of carbonyl (C=O) groups is 2. The first-order chi connectivity index (χ1) is 7.70. The van der Waals surface area contributed by atoms with Crippen molar-refractivity contribution >= 4 is 12.1 Å². The van der Waals surface area contributed by atoms with Crippen molar-refractivity contribution in [1.29, 1.82) is 0 Å². The molecular formula is C12H19NO4. The summed E-state index contributed by atoms with van der Waals surface area (Å²) in [5.74, 6) is -0.835. The number of carboxylic acid groups (broad SMARTS) is 1. The molecule has 1 rings (SSSR count). The Balaban J connectivity index is 2.77. The molecule has 5 nitrogen and oxygen atoms in total. The molecule has 0 aromatic carbocycles. The van der Waals surface area contributed by atoms with Crippen molar-refractivity contribution < 1.29 is 19.4 Å². The van der Waals surface area contributed by atoms with E-state index in [0.717, 1.165) is 12.1 Å². The zero-order chi connectivity index (χ0) is 13.2. The number of ether oxygens (including phenoxy) is 1. The van der Waals surface area contributed by atoms with Crippen LogP contribution < -0.4 is 0 Å². The number of carboxylic acids is 1. The molecule has 5 heteroatoms. The van der Waals surface area contributed by atoms with Gasteiger partial charge in [0.15, 0.2) is 0 Å². The van der Waals surface area contributed by atoms with Gasteiger partial charge in [0.25, 0.3) is 0 Å². The molecule has 1 amide bonds.